The summed E-state index contributed by atoms with van der Waals surface area (Å²) in [6.07, 6.45) is 5.91. The second-order valence-electron chi connectivity index (χ2n) is 3.57. The molecule has 0 saturated heterocycles. The number of hydrogen-bond acceptors (Lipinski definition) is 2. The standard InChI is InChI=1S/C9H9NO2/c11-9(12)7-2-1-6-3-5-4-8(5)10(6)7/h1,3,7-8H,2,4H2,(H,11,12). The number of hydrogen-bond donors (Lipinski definition) is 1. The highest BCUT2D eigenvalue weighted by Crippen LogP contribution is 2.48. The molecule has 0 aromatic rings. The van der Waals surface area contributed by atoms with Gasteiger partial charge in [-0.15, -0.1) is 0 Å². The quantitative estimate of drug-likeness (QED) is 0.619. The molecular formula is C9H9NO2. The minimum Gasteiger partial charge on any atom is -0.480 e. The number of carboxylic acids is 1. The Hall–Kier alpha value is -1.25. The third-order valence-corrected chi connectivity index (χ3v) is 2.84. The van der Waals surface area contributed by atoms with Crippen LogP contribution < -0.4 is 0 Å². The van der Waals surface area contributed by atoms with E-state index in [1.54, 1.807) is 0 Å². The summed E-state index contributed by atoms with van der Waals surface area (Å²) in [7, 11) is 0. The molecule has 62 valence electrons. The fourth-order valence-electron chi connectivity index (χ4n) is 2.17. The molecule has 2 atom stereocenters. The molecule has 3 aliphatic rings. The van der Waals surface area contributed by atoms with Crippen LogP contribution in [0.25, 0.3) is 0 Å². The van der Waals surface area contributed by atoms with E-state index in [-0.39, 0.29) is 6.04 Å². The van der Waals surface area contributed by atoms with E-state index in [1.807, 2.05) is 11.0 Å². The first-order valence-corrected chi connectivity index (χ1v) is 4.19. The lowest BCUT2D eigenvalue weighted by Crippen LogP contribution is -2.36. The molecule has 0 amide bonds. The zero-order chi connectivity index (χ0) is 8.29. The smallest absolute Gasteiger partial charge is 0.326 e. The largest absolute Gasteiger partial charge is 0.480 e. The van der Waals surface area contributed by atoms with Gasteiger partial charge in [0.05, 0.1) is 6.04 Å². The Morgan fingerprint density at radius 1 is 1.67 bits per heavy atom. The SMILES string of the molecule is O=C(O)C1CC=C2C=C3CC3N21. The molecule has 0 spiro atoms. The van der Waals surface area contributed by atoms with Crippen LogP contribution in [-0.2, 0) is 4.79 Å². The molecule has 0 aromatic heterocycles. The maximum Gasteiger partial charge on any atom is 0.326 e. The normalized spacial score (nSPS) is 35.5. The lowest BCUT2D eigenvalue weighted by atomic mass is 10.2. The van der Waals surface area contributed by atoms with Crippen molar-refractivity contribution in [3.63, 3.8) is 0 Å². The number of allylic oxidation sites excluding steroid dienone is 1. The van der Waals surface area contributed by atoms with Gasteiger partial charge in [0.25, 0.3) is 0 Å². The van der Waals surface area contributed by atoms with Gasteiger partial charge in [-0.3, -0.25) is 0 Å². The summed E-state index contributed by atoms with van der Waals surface area (Å²) in [4.78, 5) is 12.8. The van der Waals surface area contributed by atoms with E-state index in [0.717, 1.165) is 12.1 Å². The van der Waals surface area contributed by atoms with Gasteiger partial charge in [-0.1, -0.05) is 6.08 Å². The topological polar surface area (TPSA) is 40.5 Å². The van der Waals surface area contributed by atoms with Crippen molar-refractivity contribution in [3.8, 4) is 0 Å². The Morgan fingerprint density at radius 2 is 2.50 bits per heavy atom. The molecule has 0 bridgehead atoms. The number of carbonyl (C=O) groups is 1. The van der Waals surface area contributed by atoms with Crippen molar-refractivity contribution < 1.29 is 9.90 Å². The summed E-state index contributed by atoms with van der Waals surface area (Å²) in [5.41, 5.74) is 2.54. The van der Waals surface area contributed by atoms with Crippen LogP contribution in [0.3, 0.4) is 0 Å². The third kappa shape index (κ3) is 0.594. The Labute approximate surface area is 70.0 Å². The molecule has 2 heterocycles. The number of rotatable bonds is 1. The fourth-order valence-corrected chi connectivity index (χ4v) is 2.17. The molecule has 0 aromatic carbocycles. The summed E-state index contributed by atoms with van der Waals surface area (Å²) in [5.74, 6) is -0.692. The molecule has 3 rings (SSSR count). The molecule has 1 saturated carbocycles. The van der Waals surface area contributed by atoms with Gasteiger partial charge in [0.15, 0.2) is 0 Å². The molecule has 0 radical (unpaired) electrons. The minimum absolute atomic E-state index is 0.291. The summed E-state index contributed by atoms with van der Waals surface area (Å²) in [5, 5.41) is 8.90. The second-order valence-corrected chi connectivity index (χ2v) is 3.57. The maximum absolute atomic E-state index is 10.8. The van der Waals surface area contributed by atoms with E-state index >= 15 is 0 Å². The lowest BCUT2D eigenvalue weighted by Gasteiger charge is -2.22. The number of aliphatic carboxylic acids is 1. The van der Waals surface area contributed by atoms with Gasteiger partial charge in [-0.25, -0.2) is 4.79 Å². The molecule has 1 fully saturated rings. The highest BCUT2D eigenvalue weighted by atomic mass is 16.4. The highest BCUT2D eigenvalue weighted by molar-refractivity contribution is 5.76. The van der Waals surface area contributed by atoms with Crippen molar-refractivity contribution >= 4 is 5.97 Å². The van der Waals surface area contributed by atoms with Gasteiger partial charge in [-0.05, 0) is 24.5 Å². The van der Waals surface area contributed by atoms with Crippen LogP contribution in [0.1, 0.15) is 12.8 Å². The number of fused-ring (bicyclic) bond motifs is 3. The van der Waals surface area contributed by atoms with Crippen LogP contribution in [0.2, 0.25) is 0 Å². The van der Waals surface area contributed by atoms with Gasteiger partial charge in [0, 0.05) is 5.70 Å². The van der Waals surface area contributed by atoms with Crippen molar-refractivity contribution in [2.24, 2.45) is 0 Å². The summed E-state index contributed by atoms with van der Waals surface area (Å²) >= 11 is 0. The fraction of sp³-hybridized carbons (Fsp3) is 0.444. The Kier molecular flexibility index (Phi) is 0.908. The Balaban J connectivity index is 1.95. The first kappa shape index (κ1) is 6.29. The van der Waals surface area contributed by atoms with E-state index in [2.05, 4.69) is 6.08 Å². The molecule has 3 nitrogen and oxygen atoms in total. The van der Waals surface area contributed by atoms with Gasteiger partial charge >= 0.3 is 5.97 Å². The number of carboxylic acid groups (broad SMARTS) is 1. The lowest BCUT2D eigenvalue weighted by molar-refractivity contribution is -0.141. The van der Waals surface area contributed by atoms with Crippen LogP contribution in [0.4, 0.5) is 0 Å². The molecule has 3 heteroatoms. The van der Waals surface area contributed by atoms with Gasteiger partial charge in [0.2, 0.25) is 0 Å². The van der Waals surface area contributed by atoms with Crippen LogP contribution >= 0.6 is 0 Å². The second kappa shape index (κ2) is 1.73. The number of nitrogens with zero attached hydrogens (tertiary/aromatic N) is 1. The maximum atomic E-state index is 10.8. The summed E-state index contributed by atoms with van der Waals surface area (Å²) in [6.45, 7) is 0. The molecule has 2 aliphatic heterocycles. The zero-order valence-corrected chi connectivity index (χ0v) is 6.53. The van der Waals surface area contributed by atoms with E-state index in [4.69, 9.17) is 5.11 Å². The molecular weight excluding hydrogens is 154 g/mol. The first-order chi connectivity index (χ1) is 5.77. The monoisotopic (exact) mass is 163 g/mol. The molecule has 1 N–H and O–H groups in total. The van der Waals surface area contributed by atoms with Crippen molar-refractivity contribution in [3.05, 3.63) is 23.4 Å². The first-order valence-electron chi connectivity index (χ1n) is 4.19. The van der Waals surface area contributed by atoms with Crippen molar-refractivity contribution in [1.29, 1.82) is 0 Å². The van der Waals surface area contributed by atoms with Gasteiger partial charge < -0.3 is 10.0 Å². The van der Waals surface area contributed by atoms with Crippen LogP contribution in [0.5, 0.6) is 0 Å². The van der Waals surface area contributed by atoms with Gasteiger partial charge in [-0.2, -0.15) is 0 Å². The molecule has 2 unspecified atom stereocenters. The van der Waals surface area contributed by atoms with Crippen molar-refractivity contribution in [2.75, 3.05) is 0 Å². The van der Waals surface area contributed by atoms with Crippen LogP contribution in [-0.4, -0.2) is 28.1 Å². The van der Waals surface area contributed by atoms with Crippen molar-refractivity contribution in [2.45, 2.75) is 24.9 Å². The van der Waals surface area contributed by atoms with E-state index in [1.165, 1.54) is 5.57 Å². The third-order valence-electron chi connectivity index (χ3n) is 2.84. The van der Waals surface area contributed by atoms with Crippen LogP contribution in [0.15, 0.2) is 23.4 Å². The highest BCUT2D eigenvalue weighted by Gasteiger charge is 2.48. The van der Waals surface area contributed by atoms with E-state index in [9.17, 15) is 4.79 Å². The predicted octanol–water partition coefficient (Wildman–Crippen LogP) is 0.742. The Bertz CT molecular complexity index is 329. The Morgan fingerprint density at radius 3 is 3.25 bits per heavy atom. The van der Waals surface area contributed by atoms with E-state index < -0.39 is 5.97 Å². The zero-order valence-electron chi connectivity index (χ0n) is 6.53. The van der Waals surface area contributed by atoms with Crippen molar-refractivity contribution in [1.82, 2.24) is 4.90 Å². The average molecular weight is 163 g/mol. The molecule has 12 heavy (non-hydrogen) atoms. The summed E-state index contributed by atoms with van der Waals surface area (Å²) < 4.78 is 0. The van der Waals surface area contributed by atoms with E-state index in [0.29, 0.717) is 12.5 Å². The van der Waals surface area contributed by atoms with Crippen LogP contribution in [0, 0.1) is 0 Å². The van der Waals surface area contributed by atoms with Gasteiger partial charge in [0.1, 0.15) is 6.04 Å². The molecule has 1 aliphatic carbocycles. The summed E-state index contributed by atoms with van der Waals surface area (Å²) in [6, 6.07) is 0.154. The minimum atomic E-state index is -0.692. The average Bonchev–Trinajstić information content (AvgIpc) is 2.53. The predicted molar refractivity (Wildman–Crippen MR) is 42.5 cm³/mol.